The van der Waals surface area contributed by atoms with Crippen LogP contribution in [0.4, 0.5) is 10.1 Å². The summed E-state index contributed by atoms with van der Waals surface area (Å²) in [5.41, 5.74) is 3.72. The third kappa shape index (κ3) is 1.27. The molecule has 0 fully saturated rings. The van der Waals surface area contributed by atoms with Crippen molar-refractivity contribution in [1.82, 2.24) is 10.2 Å². The Morgan fingerprint density at radius 3 is 3.00 bits per heavy atom. The first-order valence-corrected chi connectivity index (χ1v) is 5.26. The average molecular weight is 217 g/mol. The van der Waals surface area contributed by atoms with Crippen LogP contribution in [0.5, 0.6) is 0 Å². The Hall–Kier alpha value is -1.68. The lowest BCUT2D eigenvalue weighted by atomic mass is 10.0. The van der Waals surface area contributed by atoms with E-state index < -0.39 is 0 Å². The molecular formula is C12H12FN3. The number of H-pyrrole nitrogens is 1. The first kappa shape index (κ1) is 9.54. The molecule has 0 aliphatic carbocycles. The van der Waals surface area contributed by atoms with Gasteiger partial charge in [0.1, 0.15) is 5.69 Å². The van der Waals surface area contributed by atoms with Gasteiger partial charge >= 0.3 is 0 Å². The van der Waals surface area contributed by atoms with E-state index in [1.165, 1.54) is 6.07 Å². The summed E-state index contributed by atoms with van der Waals surface area (Å²) in [5.74, 6) is -0.166. The summed E-state index contributed by atoms with van der Waals surface area (Å²) >= 11 is 0. The predicted octanol–water partition coefficient (Wildman–Crippen LogP) is 1.08. The minimum absolute atomic E-state index is 0.166. The van der Waals surface area contributed by atoms with Gasteiger partial charge in [0.05, 0.1) is 12.2 Å². The number of nitrogens with zero attached hydrogens (tertiary/aromatic N) is 1. The van der Waals surface area contributed by atoms with Gasteiger partial charge in [0.2, 0.25) is 0 Å². The Bertz CT molecular complexity index is 519. The van der Waals surface area contributed by atoms with Gasteiger partial charge in [0, 0.05) is 23.7 Å². The molecule has 0 spiro atoms. The van der Waals surface area contributed by atoms with Crippen LogP contribution in [0, 0.1) is 12.9 Å². The highest BCUT2D eigenvalue weighted by Crippen LogP contribution is 2.30. The quantitative estimate of drug-likeness (QED) is 0.688. The van der Waals surface area contributed by atoms with Gasteiger partial charge in [-0.1, -0.05) is 0 Å². The number of halogens is 1. The molecular weight excluding hydrogens is 205 g/mol. The molecule has 0 amide bonds. The van der Waals surface area contributed by atoms with Crippen molar-refractivity contribution in [3.8, 4) is 11.3 Å². The number of quaternary nitrogens is 1. The molecule has 1 aromatic heterocycles. The lowest BCUT2D eigenvalue weighted by Crippen LogP contribution is -3.00. The summed E-state index contributed by atoms with van der Waals surface area (Å²) in [7, 11) is 3.91. The normalized spacial score (nSPS) is 18.8. The van der Waals surface area contributed by atoms with Gasteiger partial charge in [-0.3, -0.25) is 5.10 Å². The maximum absolute atomic E-state index is 13.7. The predicted molar refractivity (Wildman–Crippen MR) is 58.5 cm³/mol. The highest BCUT2D eigenvalue weighted by atomic mass is 19.1. The number of hydrogen-bond donors (Lipinski definition) is 2. The SMILES string of the molecule is [CH2-][NH+]1CCc2c(-c3ccn[nH]3)ccc(F)c21. The molecule has 1 aliphatic heterocycles. The summed E-state index contributed by atoms with van der Waals surface area (Å²) in [6.07, 6.45) is 2.56. The highest BCUT2D eigenvalue weighted by Gasteiger charge is 2.25. The molecule has 0 saturated heterocycles. The fourth-order valence-electron chi connectivity index (χ4n) is 2.32. The first-order chi connectivity index (χ1) is 7.77. The number of benzene rings is 1. The first-order valence-electron chi connectivity index (χ1n) is 5.26. The lowest BCUT2D eigenvalue weighted by Gasteiger charge is -2.14. The van der Waals surface area contributed by atoms with Crippen LogP contribution < -0.4 is 4.90 Å². The highest BCUT2D eigenvalue weighted by molar-refractivity contribution is 5.69. The smallest absolute Gasteiger partial charge is 0.181 e. The molecule has 2 heterocycles. The summed E-state index contributed by atoms with van der Waals surface area (Å²) in [4.78, 5) is 0.897. The zero-order valence-corrected chi connectivity index (χ0v) is 8.76. The van der Waals surface area contributed by atoms with Crippen molar-refractivity contribution in [3.63, 3.8) is 0 Å². The van der Waals surface area contributed by atoms with E-state index in [2.05, 4.69) is 17.2 Å². The van der Waals surface area contributed by atoms with E-state index in [1.54, 1.807) is 12.3 Å². The molecule has 1 aliphatic rings. The van der Waals surface area contributed by atoms with Gasteiger partial charge in [-0.15, -0.1) is 7.05 Å². The third-order valence-corrected chi connectivity index (χ3v) is 3.08. The average Bonchev–Trinajstić information content (AvgIpc) is 2.89. The zero-order valence-electron chi connectivity index (χ0n) is 8.76. The van der Waals surface area contributed by atoms with E-state index in [0.717, 1.165) is 34.7 Å². The molecule has 0 radical (unpaired) electrons. The van der Waals surface area contributed by atoms with Crippen LogP contribution in [0.25, 0.3) is 11.3 Å². The molecule has 0 saturated carbocycles. The molecule has 0 bridgehead atoms. The molecule has 16 heavy (non-hydrogen) atoms. The van der Waals surface area contributed by atoms with Crippen LogP contribution in [0.2, 0.25) is 0 Å². The van der Waals surface area contributed by atoms with Crippen molar-refractivity contribution in [2.24, 2.45) is 0 Å². The van der Waals surface area contributed by atoms with Crippen molar-refractivity contribution in [1.29, 1.82) is 0 Å². The van der Waals surface area contributed by atoms with Crippen LogP contribution in [-0.2, 0) is 6.42 Å². The second kappa shape index (κ2) is 3.42. The summed E-state index contributed by atoms with van der Waals surface area (Å²) in [6.45, 7) is 0.845. The van der Waals surface area contributed by atoms with Crippen LogP contribution in [0.15, 0.2) is 24.4 Å². The van der Waals surface area contributed by atoms with Crippen molar-refractivity contribution >= 4 is 5.69 Å². The van der Waals surface area contributed by atoms with Crippen LogP contribution in [0.1, 0.15) is 5.56 Å². The number of aromatic nitrogens is 2. The number of fused-ring (bicyclic) bond motifs is 1. The Labute approximate surface area is 92.9 Å². The van der Waals surface area contributed by atoms with Crippen molar-refractivity contribution in [3.05, 3.63) is 42.8 Å². The van der Waals surface area contributed by atoms with E-state index in [0.29, 0.717) is 5.69 Å². The van der Waals surface area contributed by atoms with Gasteiger partial charge < -0.3 is 4.90 Å². The molecule has 2 N–H and O–H groups in total. The standard InChI is InChI=1S/C12H12FN3/c1-16-7-5-9-8(11-4-6-14-15-11)2-3-10(13)12(9)16/h2-4,6,16H,1,5,7H2,(H,14,15). The van der Waals surface area contributed by atoms with Gasteiger partial charge in [0.25, 0.3) is 0 Å². The van der Waals surface area contributed by atoms with Crippen molar-refractivity contribution in [2.75, 3.05) is 6.54 Å². The van der Waals surface area contributed by atoms with E-state index in [4.69, 9.17) is 0 Å². The van der Waals surface area contributed by atoms with Crippen molar-refractivity contribution in [2.45, 2.75) is 6.42 Å². The van der Waals surface area contributed by atoms with Gasteiger partial charge in [-0.25, -0.2) is 4.39 Å². The van der Waals surface area contributed by atoms with Gasteiger partial charge in [-0.05, 0) is 18.2 Å². The molecule has 4 heteroatoms. The zero-order chi connectivity index (χ0) is 11.1. The van der Waals surface area contributed by atoms with Crippen LogP contribution >= 0.6 is 0 Å². The molecule has 1 unspecified atom stereocenters. The lowest BCUT2D eigenvalue weighted by molar-refractivity contribution is -0.776. The molecule has 3 nitrogen and oxygen atoms in total. The molecule has 82 valence electrons. The van der Waals surface area contributed by atoms with Crippen LogP contribution in [0.3, 0.4) is 0 Å². The van der Waals surface area contributed by atoms with Gasteiger partial charge in [-0.2, -0.15) is 5.10 Å². The Morgan fingerprint density at radius 1 is 1.38 bits per heavy atom. The van der Waals surface area contributed by atoms with Crippen molar-refractivity contribution < 1.29 is 9.29 Å². The number of hydrogen-bond acceptors (Lipinski definition) is 1. The molecule has 3 rings (SSSR count). The Balaban J connectivity index is 2.23. The van der Waals surface area contributed by atoms with Gasteiger partial charge in [0.15, 0.2) is 5.82 Å². The topological polar surface area (TPSA) is 33.1 Å². The number of aromatic amines is 1. The molecule has 1 atom stereocenters. The fourth-order valence-corrected chi connectivity index (χ4v) is 2.32. The minimum Gasteiger partial charge on any atom is -0.432 e. The molecule has 2 aromatic rings. The van der Waals surface area contributed by atoms with E-state index in [9.17, 15) is 4.39 Å². The minimum atomic E-state index is -0.166. The van der Waals surface area contributed by atoms with E-state index in [1.807, 2.05) is 6.07 Å². The number of rotatable bonds is 1. The number of nitrogens with one attached hydrogen (secondary N) is 2. The molecule has 1 aromatic carbocycles. The monoisotopic (exact) mass is 217 g/mol. The summed E-state index contributed by atoms with van der Waals surface area (Å²) < 4.78 is 13.7. The second-order valence-corrected chi connectivity index (χ2v) is 4.02. The fraction of sp³-hybridized carbons (Fsp3) is 0.167. The van der Waals surface area contributed by atoms with E-state index >= 15 is 0 Å². The second-order valence-electron chi connectivity index (χ2n) is 4.02. The maximum atomic E-state index is 13.7. The third-order valence-electron chi connectivity index (χ3n) is 3.08. The largest absolute Gasteiger partial charge is 0.432 e. The van der Waals surface area contributed by atoms with E-state index in [-0.39, 0.29) is 5.82 Å². The maximum Gasteiger partial charge on any atom is 0.181 e. The Morgan fingerprint density at radius 2 is 2.25 bits per heavy atom. The summed E-state index contributed by atoms with van der Waals surface area (Å²) in [5, 5.41) is 6.84. The summed E-state index contributed by atoms with van der Waals surface area (Å²) in [6, 6.07) is 5.21. The Kier molecular flexibility index (Phi) is 2.04. The van der Waals surface area contributed by atoms with Crippen LogP contribution in [-0.4, -0.2) is 16.7 Å².